The maximum absolute atomic E-state index is 11.7. The molecule has 3 rings (SSSR count). The summed E-state index contributed by atoms with van der Waals surface area (Å²) in [7, 11) is 1.86. The first kappa shape index (κ1) is 17.9. The Bertz CT molecular complexity index is 840. The molecule has 0 aliphatic heterocycles. The largest absolute Gasteiger partial charge is 0.369 e. The van der Waals surface area contributed by atoms with Crippen LogP contribution in [0.25, 0.3) is 11.1 Å². The highest BCUT2D eigenvalue weighted by atomic mass is 16.1. The van der Waals surface area contributed by atoms with Crippen LogP contribution in [0.3, 0.4) is 0 Å². The van der Waals surface area contributed by atoms with Crippen LogP contribution >= 0.6 is 0 Å². The highest BCUT2D eigenvalue weighted by Gasteiger charge is 2.16. The number of amides is 1. The molecule has 0 aliphatic rings. The second kappa shape index (κ2) is 8.45. The minimum atomic E-state index is -0.291. The first-order valence-electron chi connectivity index (χ1n) is 8.74. The molecule has 1 aromatic heterocycles. The topological polar surface area (TPSA) is 72.9 Å². The van der Waals surface area contributed by atoms with Gasteiger partial charge in [0.1, 0.15) is 0 Å². The number of rotatable bonds is 8. The summed E-state index contributed by atoms with van der Waals surface area (Å²) >= 11 is 0. The van der Waals surface area contributed by atoms with Crippen molar-refractivity contribution in [2.24, 2.45) is 18.7 Å². The van der Waals surface area contributed by atoms with E-state index in [1.54, 1.807) is 10.9 Å². The minimum Gasteiger partial charge on any atom is -0.369 e. The zero-order chi connectivity index (χ0) is 18.4. The number of benzene rings is 2. The summed E-state index contributed by atoms with van der Waals surface area (Å²) < 4.78 is 1.73. The highest BCUT2D eigenvalue weighted by molar-refractivity contribution is 5.77. The van der Waals surface area contributed by atoms with Crippen molar-refractivity contribution in [3.63, 3.8) is 0 Å². The maximum Gasteiger partial charge on any atom is 0.222 e. The molecule has 5 nitrogen and oxygen atoms in total. The van der Waals surface area contributed by atoms with Gasteiger partial charge in [-0.2, -0.15) is 5.10 Å². The van der Waals surface area contributed by atoms with Gasteiger partial charge in [0.2, 0.25) is 5.91 Å². The molecule has 0 aliphatic carbocycles. The number of nitrogens with zero attached hydrogens (tertiary/aromatic N) is 2. The summed E-state index contributed by atoms with van der Waals surface area (Å²) in [5.74, 6) is -0.538. The van der Waals surface area contributed by atoms with E-state index in [0.29, 0.717) is 19.5 Å². The van der Waals surface area contributed by atoms with Crippen LogP contribution in [0.15, 0.2) is 67.0 Å². The molecule has 3 aromatic rings. The zero-order valence-electron chi connectivity index (χ0n) is 14.9. The summed E-state index contributed by atoms with van der Waals surface area (Å²) in [4.78, 5) is 11.7. The number of primary amides is 1. The predicted octanol–water partition coefficient (Wildman–Crippen LogP) is 2.52. The molecule has 0 bridgehead atoms. The van der Waals surface area contributed by atoms with Gasteiger partial charge in [-0.05, 0) is 28.7 Å². The number of carbonyl (C=O) groups excluding carboxylic acids is 1. The highest BCUT2D eigenvalue weighted by Crippen LogP contribution is 2.19. The van der Waals surface area contributed by atoms with Crippen molar-refractivity contribution in [2.45, 2.75) is 13.0 Å². The Hall–Kier alpha value is -2.92. The Kier molecular flexibility index (Phi) is 5.81. The smallest absolute Gasteiger partial charge is 0.222 e. The van der Waals surface area contributed by atoms with Crippen LogP contribution in [0, 0.1) is 5.92 Å². The molecule has 2 aromatic carbocycles. The Labute approximate surface area is 153 Å². The van der Waals surface area contributed by atoms with E-state index in [-0.39, 0.29) is 11.8 Å². The van der Waals surface area contributed by atoms with Crippen molar-refractivity contribution in [2.75, 3.05) is 6.54 Å². The van der Waals surface area contributed by atoms with Crippen LogP contribution in [0.5, 0.6) is 0 Å². The van der Waals surface area contributed by atoms with Gasteiger partial charge < -0.3 is 11.1 Å². The number of nitrogens with one attached hydrogen (secondary N) is 1. The lowest BCUT2D eigenvalue weighted by Gasteiger charge is -2.13. The number of carbonyl (C=O) groups is 1. The number of hydrogen-bond acceptors (Lipinski definition) is 3. The summed E-state index contributed by atoms with van der Waals surface area (Å²) in [5.41, 5.74) is 10.1. The average Bonchev–Trinajstić information content (AvgIpc) is 3.07. The quantitative estimate of drug-likeness (QED) is 0.657. The van der Waals surface area contributed by atoms with E-state index in [0.717, 1.165) is 5.56 Å². The van der Waals surface area contributed by atoms with Gasteiger partial charge in [-0.25, -0.2) is 0 Å². The Morgan fingerprint density at radius 3 is 2.38 bits per heavy atom. The third-order valence-corrected chi connectivity index (χ3v) is 4.42. The third kappa shape index (κ3) is 4.80. The SMILES string of the molecule is Cn1cc(CC(CNCc2ccc(-c3ccccc3)cc2)C(N)=O)cn1. The first-order valence-corrected chi connectivity index (χ1v) is 8.74. The van der Waals surface area contributed by atoms with Gasteiger partial charge in [0.05, 0.1) is 12.1 Å². The summed E-state index contributed by atoms with van der Waals surface area (Å²) in [6, 6.07) is 18.7. The molecular weight excluding hydrogens is 324 g/mol. The molecule has 0 fully saturated rings. The van der Waals surface area contributed by atoms with Crippen molar-refractivity contribution in [3.8, 4) is 11.1 Å². The molecule has 26 heavy (non-hydrogen) atoms. The molecule has 3 N–H and O–H groups in total. The van der Waals surface area contributed by atoms with E-state index in [2.05, 4.69) is 46.8 Å². The summed E-state index contributed by atoms with van der Waals surface area (Å²) in [6.07, 6.45) is 4.29. The fourth-order valence-electron chi connectivity index (χ4n) is 2.97. The van der Waals surface area contributed by atoms with Crippen molar-refractivity contribution < 1.29 is 4.79 Å². The second-order valence-corrected chi connectivity index (χ2v) is 6.52. The number of hydrogen-bond donors (Lipinski definition) is 2. The van der Waals surface area contributed by atoms with Gasteiger partial charge >= 0.3 is 0 Å². The molecule has 1 heterocycles. The van der Waals surface area contributed by atoms with Crippen LogP contribution in [0.4, 0.5) is 0 Å². The first-order chi connectivity index (χ1) is 12.6. The van der Waals surface area contributed by atoms with Crippen molar-refractivity contribution in [1.82, 2.24) is 15.1 Å². The minimum absolute atomic E-state index is 0.247. The fraction of sp³-hybridized carbons (Fsp3) is 0.238. The van der Waals surface area contributed by atoms with Gasteiger partial charge in [0, 0.05) is 26.3 Å². The third-order valence-electron chi connectivity index (χ3n) is 4.42. The van der Waals surface area contributed by atoms with Gasteiger partial charge in [0.25, 0.3) is 0 Å². The van der Waals surface area contributed by atoms with Crippen molar-refractivity contribution in [1.29, 1.82) is 0 Å². The molecule has 1 amide bonds. The zero-order valence-corrected chi connectivity index (χ0v) is 14.9. The lowest BCUT2D eigenvalue weighted by atomic mass is 10.0. The van der Waals surface area contributed by atoms with Crippen molar-refractivity contribution >= 4 is 5.91 Å². The van der Waals surface area contributed by atoms with E-state index in [1.807, 2.05) is 31.4 Å². The Balaban J connectivity index is 1.53. The Morgan fingerprint density at radius 1 is 1.08 bits per heavy atom. The molecular formula is C21H24N4O. The molecule has 0 saturated carbocycles. The molecule has 1 atom stereocenters. The van der Waals surface area contributed by atoms with E-state index in [4.69, 9.17) is 5.73 Å². The molecule has 0 saturated heterocycles. The molecule has 134 valence electrons. The molecule has 0 spiro atoms. The monoisotopic (exact) mass is 348 g/mol. The van der Waals surface area contributed by atoms with Gasteiger partial charge in [-0.15, -0.1) is 0 Å². The van der Waals surface area contributed by atoms with Crippen LogP contribution in [-0.2, 0) is 24.8 Å². The molecule has 5 heteroatoms. The number of aromatic nitrogens is 2. The van der Waals surface area contributed by atoms with Crippen molar-refractivity contribution in [3.05, 3.63) is 78.1 Å². The predicted molar refractivity (Wildman–Crippen MR) is 103 cm³/mol. The fourth-order valence-corrected chi connectivity index (χ4v) is 2.97. The summed E-state index contributed by atoms with van der Waals surface area (Å²) in [6.45, 7) is 1.25. The van der Waals surface area contributed by atoms with Crippen LogP contribution in [-0.4, -0.2) is 22.2 Å². The van der Waals surface area contributed by atoms with Crippen LogP contribution < -0.4 is 11.1 Å². The van der Waals surface area contributed by atoms with E-state index >= 15 is 0 Å². The maximum atomic E-state index is 11.7. The van der Waals surface area contributed by atoms with Gasteiger partial charge in [0.15, 0.2) is 0 Å². The average molecular weight is 348 g/mol. The van der Waals surface area contributed by atoms with Gasteiger partial charge in [-0.1, -0.05) is 54.6 Å². The second-order valence-electron chi connectivity index (χ2n) is 6.52. The Morgan fingerprint density at radius 2 is 1.77 bits per heavy atom. The molecule has 0 radical (unpaired) electrons. The number of nitrogens with two attached hydrogens (primary N) is 1. The van der Waals surface area contributed by atoms with Crippen LogP contribution in [0.2, 0.25) is 0 Å². The lowest BCUT2D eigenvalue weighted by Crippen LogP contribution is -2.34. The van der Waals surface area contributed by atoms with E-state index in [1.165, 1.54) is 16.7 Å². The standard InChI is InChI=1S/C21H24N4O/c1-25-15-17(13-24-25)11-20(21(22)26)14-23-12-16-7-9-19(10-8-16)18-5-3-2-4-6-18/h2-10,13,15,20,23H,11-12,14H2,1H3,(H2,22,26). The van der Waals surface area contributed by atoms with Crippen LogP contribution in [0.1, 0.15) is 11.1 Å². The molecule has 1 unspecified atom stereocenters. The van der Waals surface area contributed by atoms with E-state index < -0.39 is 0 Å². The normalized spacial score (nSPS) is 12.0. The van der Waals surface area contributed by atoms with Gasteiger partial charge in [-0.3, -0.25) is 9.48 Å². The number of aryl methyl sites for hydroxylation is 1. The summed E-state index contributed by atoms with van der Waals surface area (Å²) in [5, 5.41) is 7.48. The lowest BCUT2D eigenvalue weighted by molar-refractivity contribution is -0.121. The van der Waals surface area contributed by atoms with E-state index in [9.17, 15) is 4.79 Å².